The summed E-state index contributed by atoms with van der Waals surface area (Å²) in [5.74, 6) is -1.04. The summed E-state index contributed by atoms with van der Waals surface area (Å²) in [6.07, 6.45) is 0. The van der Waals surface area contributed by atoms with Crippen LogP contribution in [0.4, 0.5) is 4.79 Å². The zero-order chi connectivity index (χ0) is 14.7. The van der Waals surface area contributed by atoms with Crippen LogP contribution in [0.5, 0.6) is 0 Å². The molecule has 0 spiro atoms. The molecule has 0 unspecified atom stereocenters. The van der Waals surface area contributed by atoms with Crippen LogP contribution in [-0.4, -0.2) is 80.0 Å². The normalized spacial score (nSPS) is 10.3. The summed E-state index contributed by atoms with van der Waals surface area (Å²) in [6.45, 7) is 5.96. The summed E-state index contributed by atoms with van der Waals surface area (Å²) in [5.41, 5.74) is 0. The maximum atomic E-state index is 12.2. The number of aliphatic carboxylic acids is 1. The number of methoxy groups -OCH3 is 1. The number of carbonyl (C=O) groups is 2. The molecule has 1 N–H and O–H groups in total. The third kappa shape index (κ3) is 7.63. The second-order valence-corrected chi connectivity index (χ2v) is 3.87. The van der Waals surface area contributed by atoms with E-state index in [0.29, 0.717) is 32.9 Å². The highest BCUT2D eigenvalue weighted by Crippen LogP contribution is 2.00. The Morgan fingerprint density at radius 2 is 1.74 bits per heavy atom. The highest BCUT2D eigenvalue weighted by Gasteiger charge is 2.21. The van der Waals surface area contributed by atoms with E-state index < -0.39 is 5.97 Å². The first-order valence-corrected chi connectivity index (χ1v) is 6.39. The standard InChI is InChI=1S/C12H24N2O5/c1-4-13(7-9-19-5-2)12(17)14(6-8-18-3)10-11(15)16/h4-10H2,1-3H3,(H,15,16). The van der Waals surface area contributed by atoms with E-state index in [1.165, 1.54) is 12.0 Å². The first-order chi connectivity index (χ1) is 9.06. The fourth-order valence-electron chi connectivity index (χ4n) is 1.52. The maximum absolute atomic E-state index is 12.2. The van der Waals surface area contributed by atoms with Gasteiger partial charge in [-0.3, -0.25) is 4.79 Å². The van der Waals surface area contributed by atoms with Gasteiger partial charge in [-0.2, -0.15) is 0 Å². The lowest BCUT2D eigenvalue weighted by molar-refractivity contribution is -0.137. The zero-order valence-corrected chi connectivity index (χ0v) is 11.9. The number of urea groups is 1. The van der Waals surface area contributed by atoms with Crippen molar-refractivity contribution in [2.75, 3.05) is 53.1 Å². The SMILES string of the molecule is CCOCCN(CC)C(=O)N(CCOC)CC(=O)O. The maximum Gasteiger partial charge on any atom is 0.323 e. The molecule has 7 heteroatoms. The summed E-state index contributed by atoms with van der Waals surface area (Å²) in [7, 11) is 1.51. The fourth-order valence-corrected chi connectivity index (χ4v) is 1.52. The van der Waals surface area contributed by atoms with E-state index in [2.05, 4.69) is 0 Å². The lowest BCUT2D eigenvalue weighted by Gasteiger charge is -2.28. The van der Waals surface area contributed by atoms with Crippen molar-refractivity contribution >= 4 is 12.0 Å². The van der Waals surface area contributed by atoms with Gasteiger partial charge in [0.2, 0.25) is 0 Å². The lowest BCUT2D eigenvalue weighted by Crippen LogP contribution is -2.47. The van der Waals surface area contributed by atoms with E-state index in [1.54, 1.807) is 4.90 Å². The number of ether oxygens (including phenoxy) is 2. The molecule has 0 aliphatic carbocycles. The van der Waals surface area contributed by atoms with Crippen LogP contribution in [0.15, 0.2) is 0 Å². The average molecular weight is 276 g/mol. The molecule has 0 heterocycles. The first kappa shape index (κ1) is 17.7. The van der Waals surface area contributed by atoms with E-state index in [9.17, 15) is 9.59 Å². The number of hydrogen-bond acceptors (Lipinski definition) is 4. The summed E-state index contributed by atoms with van der Waals surface area (Å²) < 4.78 is 10.1. The van der Waals surface area contributed by atoms with Crippen LogP contribution in [0.3, 0.4) is 0 Å². The van der Waals surface area contributed by atoms with Crippen molar-refractivity contribution in [3.8, 4) is 0 Å². The van der Waals surface area contributed by atoms with Crippen molar-refractivity contribution < 1.29 is 24.2 Å². The minimum Gasteiger partial charge on any atom is -0.480 e. The van der Waals surface area contributed by atoms with Gasteiger partial charge in [0.15, 0.2) is 0 Å². The number of carboxylic acid groups (broad SMARTS) is 1. The second-order valence-electron chi connectivity index (χ2n) is 3.87. The highest BCUT2D eigenvalue weighted by molar-refractivity contribution is 5.80. The number of nitrogens with zero attached hydrogens (tertiary/aromatic N) is 2. The summed E-state index contributed by atoms with van der Waals surface area (Å²) in [6, 6.07) is -0.304. The molecular weight excluding hydrogens is 252 g/mol. The molecule has 0 rings (SSSR count). The van der Waals surface area contributed by atoms with Gasteiger partial charge in [0.25, 0.3) is 0 Å². The first-order valence-electron chi connectivity index (χ1n) is 6.39. The van der Waals surface area contributed by atoms with E-state index in [0.717, 1.165) is 0 Å². The van der Waals surface area contributed by atoms with Crippen LogP contribution in [0.25, 0.3) is 0 Å². The Bertz CT molecular complexity index is 273. The van der Waals surface area contributed by atoms with Gasteiger partial charge in [0.05, 0.1) is 13.2 Å². The van der Waals surface area contributed by atoms with Crippen molar-refractivity contribution in [1.29, 1.82) is 0 Å². The Kier molecular flexibility index (Phi) is 9.82. The largest absolute Gasteiger partial charge is 0.480 e. The van der Waals surface area contributed by atoms with Crippen LogP contribution < -0.4 is 0 Å². The quantitative estimate of drug-likeness (QED) is 0.588. The van der Waals surface area contributed by atoms with Crippen molar-refractivity contribution in [3.05, 3.63) is 0 Å². The minimum atomic E-state index is -1.04. The van der Waals surface area contributed by atoms with Gasteiger partial charge in [-0.25, -0.2) is 4.79 Å². The number of hydrogen-bond donors (Lipinski definition) is 1. The van der Waals surface area contributed by atoms with Crippen LogP contribution >= 0.6 is 0 Å². The fraction of sp³-hybridized carbons (Fsp3) is 0.833. The van der Waals surface area contributed by atoms with Gasteiger partial charge in [0.1, 0.15) is 6.54 Å². The van der Waals surface area contributed by atoms with Gasteiger partial charge < -0.3 is 24.4 Å². The van der Waals surface area contributed by atoms with E-state index in [-0.39, 0.29) is 19.1 Å². The summed E-state index contributed by atoms with van der Waals surface area (Å²) in [4.78, 5) is 25.8. The predicted octanol–water partition coefficient (Wildman–Crippen LogP) is 0.498. The Labute approximate surface area is 114 Å². The number of carboxylic acids is 1. The number of amides is 2. The van der Waals surface area contributed by atoms with Gasteiger partial charge in [0, 0.05) is 33.4 Å². The molecule has 0 saturated heterocycles. The van der Waals surface area contributed by atoms with Crippen LogP contribution in [0, 0.1) is 0 Å². The highest BCUT2D eigenvalue weighted by atomic mass is 16.5. The predicted molar refractivity (Wildman–Crippen MR) is 70.2 cm³/mol. The van der Waals surface area contributed by atoms with Crippen molar-refractivity contribution in [2.45, 2.75) is 13.8 Å². The zero-order valence-electron chi connectivity index (χ0n) is 11.9. The molecule has 0 aromatic rings. The summed E-state index contributed by atoms with van der Waals surface area (Å²) >= 11 is 0. The van der Waals surface area contributed by atoms with E-state index in [1.807, 2.05) is 13.8 Å². The molecule has 19 heavy (non-hydrogen) atoms. The van der Waals surface area contributed by atoms with Crippen LogP contribution in [0.1, 0.15) is 13.8 Å². The van der Waals surface area contributed by atoms with Crippen molar-refractivity contribution in [1.82, 2.24) is 9.80 Å². The van der Waals surface area contributed by atoms with Gasteiger partial charge >= 0.3 is 12.0 Å². The van der Waals surface area contributed by atoms with Gasteiger partial charge in [-0.1, -0.05) is 0 Å². The van der Waals surface area contributed by atoms with Crippen molar-refractivity contribution in [2.24, 2.45) is 0 Å². The molecule has 0 aliphatic rings. The minimum absolute atomic E-state index is 0.257. The molecule has 0 aromatic carbocycles. The number of rotatable bonds is 10. The van der Waals surface area contributed by atoms with Crippen molar-refractivity contribution in [3.63, 3.8) is 0 Å². The molecule has 0 aliphatic heterocycles. The molecule has 0 radical (unpaired) electrons. The van der Waals surface area contributed by atoms with Crippen LogP contribution in [-0.2, 0) is 14.3 Å². The topological polar surface area (TPSA) is 79.3 Å². The molecule has 0 bridgehead atoms. The Morgan fingerprint density at radius 1 is 1.11 bits per heavy atom. The molecule has 0 atom stereocenters. The van der Waals surface area contributed by atoms with E-state index in [4.69, 9.17) is 14.6 Å². The molecule has 2 amide bonds. The molecule has 0 fully saturated rings. The number of likely N-dealkylation sites (N-methyl/N-ethyl adjacent to an activating group) is 1. The number of carbonyl (C=O) groups excluding carboxylic acids is 1. The van der Waals surface area contributed by atoms with Crippen LogP contribution in [0.2, 0.25) is 0 Å². The molecule has 0 saturated carbocycles. The van der Waals surface area contributed by atoms with Gasteiger partial charge in [-0.05, 0) is 13.8 Å². The summed E-state index contributed by atoms with van der Waals surface area (Å²) in [5, 5.41) is 8.82. The molecule has 0 aromatic heterocycles. The third-order valence-electron chi connectivity index (χ3n) is 2.52. The Morgan fingerprint density at radius 3 is 2.21 bits per heavy atom. The van der Waals surface area contributed by atoms with Gasteiger partial charge in [-0.15, -0.1) is 0 Å². The second kappa shape index (κ2) is 10.6. The average Bonchev–Trinajstić information content (AvgIpc) is 2.38. The Hall–Kier alpha value is -1.34. The molecule has 7 nitrogen and oxygen atoms in total. The smallest absolute Gasteiger partial charge is 0.323 e. The lowest BCUT2D eigenvalue weighted by atomic mass is 10.4. The third-order valence-corrected chi connectivity index (χ3v) is 2.52. The molecule has 112 valence electrons. The molecular formula is C12H24N2O5. The Balaban J connectivity index is 4.48. The van der Waals surface area contributed by atoms with E-state index >= 15 is 0 Å². The monoisotopic (exact) mass is 276 g/mol.